The van der Waals surface area contributed by atoms with Crippen LogP contribution in [0.2, 0.25) is 0 Å². The lowest BCUT2D eigenvalue weighted by Gasteiger charge is -2.05. The van der Waals surface area contributed by atoms with E-state index in [9.17, 15) is 0 Å². The summed E-state index contributed by atoms with van der Waals surface area (Å²) in [7, 11) is 0. The molecule has 2 aromatic rings. The molecule has 14 heavy (non-hydrogen) atoms. The molecule has 3 heteroatoms. The number of nitrogens with zero attached hydrogens (tertiary/aromatic N) is 2. The van der Waals surface area contributed by atoms with E-state index in [1.165, 1.54) is 5.56 Å². The average molecular weight is 185 g/mol. The normalized spacial score (nSPS) is 10.7. The van der Waals surface area contributed by atoms with Gasteiger partial charge in [-0.15, -0.1) is 4.98 Å². The van der Waals surface area contributed by atoms with Crippen LogP contribution in [0.3, 0.4) is 0 Å². The maximum absolute atomic E-state index is 6.96. The highest BCUT2D eigenvalue weighted by Gasteiger charge is 2.10. The lowest BCUT2D eigenvalue weighted by Crippen LogP contribution is -1.89. The molecule has 1 N–H and O–H groups in total. The van der Waals surface area contributed by atoms with E-state index < -0.39 is 0 Å². The number of rotatable bonds is 1. The van der Waals surface area contributed by atoms with E-state index in [-0.39, 0.29) is 0 Å². The van der Waals surface area contributed by atoms with Gasteiger partial charge in [0, 0.05) is 11.6 Å². The molecule has 2 aromatic heterocycles. The molecule has 0 bridgehead atoms. The van der Waals surface area contributed by atoms with Gasteiger partial charge in [0.2, 0.25) is 5.65 Å². The van der Waals surface area contributed by atoms with Crippen LogP contribution < -0.4 is 0 Å². The number of nitrogens with one attached hydrogen (secondary N) is 1. The fourth-order valence-electron chi connectivity index (χ4n) is 1.58. The van der Waals surface area contributed by atoms with Gasteiger partial charge in [0.1, 0.15) is 0 Å². The van der Waals surface area contributed by atoms with Gasteiger partial charge in [0.25, 0.3) is 5.82 Å². The molecule has 0 aliphatic carbocycles. The Labute approximate surface area is 82.6 Å². The fourth-order valence-corrected chi connectivity index (χ4v) is 1.58. The molecule has 0 aliphatic heterocycles. The first-order valence-corrected chi connectivity index (χ1v) is 4.58. The number of aromatic amines is 1. The van der Waals surface area contributed by atoms with Crippen molar-refractivity contribution in [2.24, 2.45) is 0 Å². The van der Waals surface area contributed by atoms with Crippen molar-refractivity contribution in [1.29, 1.82) is 0 Å². The van der Waals surface area contributed by atoms with Gasteiger partial charge in [-0.05, 0) is 23.6 Å². The summed E-state index contributed by atoms with van der Waals surface area (Å²) in [5.74, 6) is 0.875. The van der Waals surface area contributed by atoms with E-state index in [1.54, 1.807) is 0 Å². The van der Waals surface area contributed by atoms with Crippen LogP contribution in [0, 0.1) is 6.57 Å². The second-order valence-electron chi connectivity index (χ2n) is 3.58. The van der Waals surface area contributed by atoms with E-state index >= 15 is 0 Å². The third-order valence-corrected chi connectivity index (χ3v) is 2.28. The van der Waals surface area contributed by atoms with Crippen molar-refractivity contribution >= 4 is 16.9 Å². The van der Waals surface area contributed by atoms with Crippen molar-refractivity contribution in [3.63, 3.8) is 0 Å². The first kappa shape index (κ1) is 8.76. The largest absolute Gasteiger partial charge is 0.361 e. The molecule has 0 aliphatic rings. The molecule has 0 saturated heterocycles. The summed E-state index contributed by atoms with van der Waals surface area (Å²) in [6.07, 6.45) is 1.86. The van der Waals surface area contributed by atoms with Crippen LogP contribution in [0.25, 0.3) is 15.9 Å². The van der Waals surface area contributed by atoms with Gasteiger partial charge in [-0.1, -0.05) is 20.4 Å². The highest BCUT2D eigenvalue weighted by molar-refractivity contribution is 5.82. The smallest absolute Gasteiger partial charge is 0.272 e. The van der Waals surface area contributed by atoms with E-state index in [0.29, 0.717) is 11.7 Å². The molecule has 70 valence electrons. The van der Waals surface area contributed by atoms with Gasteiger partial charge in [0.05, 0.1) is 0 Å². The molecule has 0 spiro atoms. The number of pyridine rings is 1. The molecule has 2 heterocycles. The van der Waals surface area contributed by atoms with Crippen molar-refractivity contribution in [3.05, 3.63) is 35.3 Å². The van der Waals surface area contributed by atoms with Crippen LogP contribution in [0.4, 0.5) is 5.82 Å². The second-order valence-corrected chi connectivity index (χ2v) is 3.58. The van der Waals surface area contributed by atoms with Gasteiger partial charge in [-0.3, -0.25) is 0 Å². The number of aromatic nitrogens is 2. The first-order valence-electron chi connectivity index (χ1n) is 4.58. The molecule has 0 aromatic carbocycles. The van der Waals surface area contributed by atoms with Gasteiger partial charge < -0.3 is 9.83 Å². The molecular weight excluding hydrogens is 174 g/mol. The average Bonchev–Trinajstić information content (AvgIpc) is 2.63. The number of hydrogen-bond acceptors (Lipinski definition) is 1. The van der Waals surface area contributed by atoms with Gasteiger partial charge in [0.15, 0.2) is 0 Å². The minimum atomic E-state index is 0.414. The lowest BCUT2D eigenvalue weighted by molar-refractivity contribution is 0.875. The number of H-pyrrole nitrogens is 1. The maximum Gasteiger partial charge on any atom is 0.272 e. The van der Waals surface area contributed by atoms with Crippen LogP contribution in [-0.2, 0) is 0 Å². The zero-order chi connectivity index (χ0) is 10.1. The van der Waals surface area contributed by atoms with Crippen LogP contribution in [0.15, 0.2) is 18.3 Å². The Balaban J connectivity index is 2.78. The Morgan fingerprint density at radius 1 is 1.50 bits per heavy atom. The topological polar surface area (TPSA) is 33.0 Å². The molecule has 0 fully saturated rings. The van der Waals surface area contributed by atoms with Crippen molar-refractivity contribution < 1.29 is 0 Å². The van der Waals surface area contributed by atoms with Crippen LogP contribution in [-0.4, -0.2) is 9.97 Å². The van der Waals surface area contributed by atoms with Crippen molar-refractivity contribution in [2.75, 3.05) is 0 Å². The summed E-state index contributed by atoms with van der Waals surface area (Å²) in [5, 5.41) is 1.12. The third-order valence-electron chi connectivity index (χ3n) is 2.28. The summed E-state index contributed by atoms with van der Waals surface area (Å²) in [4.78, 5) is 10.6. The van der Waals surface area contributed by atoms with E-state index in [0.717, 1.165) is 11.0 Å². The third kappa shape index (κ3) is 1.25. The molecule has 0 saturated carbocycles. The molecule has 0 atom stereocenters. The Morgan fingerprint density at radius 3 is 2.93 bits per heavy atom. The highest BCUT2D eigenvalue weighted by Crippen LogP contribution is 2.27. The fraction of sp³-hybridized carbons (Fsp3) is 0.273. The Hall–Kier alpha value is -1.82. The van der Waals surface area contributed by atoms with Crippen LogP contribution in [0.1, 0.15) is 25.3 Å². The monoisotopic (exact) mass is 185 g/mol. The van der Waals surface area contributed by atoms with Gasteiger partial charge in [-0.25, -0.2) is 0 Å². The molecule has 0 amide bonds. The van der Waals surface area contributed by atoms with Crippen molar-refractivity contribution in [2.45, 2.75) is 19.8 Å². The highest BCUT2D eigenvalue weighted by atomic mass is 14.9. The lowest BCUT2D eigenvalue weighted by atomic mass is 10.0. The van der Waals surface area contributed by atoms with Crippen molar-refractivity contribution in [1.82, 2.24) is 9.97 Å². The minimum absolute atomic E-state index is 0.414. The maximum atomic E-state index is 6.96. The molecule has 0 radical (unpaired) electrons. The Kier molecular flexibility index (Phi) is 1.97. The van der Waals surface area contributed by atoms with E-state index in [4.69, 9.17) is 6.57 Å². The standard InChI is InChI=1S/C11H11N3/c1-7(2)9-6-10(12-3)14-11-8(9)4-5-13-11/h4-7H,1-2H3,(H,13,14). The van der Waals surface area contributed by atoms with Gasteiger partial charge >= 0.3 is 0 Å². The van der Waals surface area contributed by atoms with E-state index in [1.807, 2.05) is 18.3 Å². The van der Waals surface area contributed by atoms with Gasteiger partial charge in [-0.2, -0.15) is 0 Å². The Bertz CT molecular complexity index is 503. The number of hydrogen-bond donors (Lipinski definition) is 1. The SMILES string of the molecule is [C-]#[N+]c1cc(C(C)C)c2cc[nH]c2n1. The van der Waals surface area contributed by atoms with Crippen LogP contribution in [0.5, 0.6) is 0 Å². The summed E-state index contributed by atoms with van der Waals surface area (Å²) < 4.78 is 0. The first-order chi connectivity index (χ1) is 6.72. The summed E-state index contributed by atoms with van der Waals surface area (Å²) in [5.41, 5.74) is 1.99. The minimum Gasteiger partial charge on any atom is -0.361 e. The van der Waals surface area contributed by atoms with Crippen molar-refractivity contribution in [3.8, 4) is 0 Å². The summed E-state index contributed by atoms with van der Waals surface area (Å²) in [6, 6.07) is 3.87. The second kappa shape index (κ2) is 3.15. The summed E-state index contributed by atoms with van der Waals surface area (Å²) in [6.45, 7) is 11.2. The molecule has 2 rings (SSSR count). The zero-order valence-corrected chi connectivity index (χ0v) is 8.20. The predicted octanol–water partition coefficient (Wildman–Crippen LogP) is 3.24. The quantitative estimate of drug-likeness (QED) is 0.680. The van der Waals surface area contributed by atoms with Crippen LogP contribution >= 0.6 is 0 Å². The predicted molar refractivity (Wildman–Crippen MR) is 56.4 cm³/mol. The number of fused-ring (bicyclic) bond motifs is 1. The molecule has 0 unspecified atom stereocenters. The summed E-state index contributed by atoms with van der Waals surface area (Å²) >= 11 is 0. The Morgan fingerprint density at radius 2 is 2.29 bits per heavy atom. The zero-order valence-electron chi connectivity index (χ0n) is 8.20. The molecular formula is C11H11N3. The van der Waals surface area contributed by atoms with E-state index in [2.05, 4.69) is 28.7 Å². The molecule has 3 nitrogen and oxygen atoms in total.